The SMILES string of the molecule is O=C1[C@@H]2C3C=CC(c4ccccc4)([C@H]2C(=O)N1c1ccc(Br)cc1)[C@H]1C(=O)N(c2ccc(Br)cc2)C(=O)[C@@H]31. The lowest BCUT2D eigenvalue weighted by Crippen LogP contribution is -2.60. The van der Waals surface area contributed by atoms with Gasteiger partial charge in [0.25, 0.3) is 0 Å². The standard InChI is InChI=1S/C30H20Br2N2O4/c31-17-6-10-19(11-7-17)33-26(35)22-21-14-15-30(24(22)28(33)37,16-4-2-1-3-5-16)25-23(21)27(36)34(29(25)38)20-12-8-18(32)9-13-20/h1-15,21-25H/t21?,22-,23+,24-,25-,30?/m1/s1. The van der Waals surface area contributed by atoms with Crippen molar-refractivity contribution in [3.63, 3.8) is 0 Å². The van der Waals surface area contributed by atoms with Crippen molar-refractivity contribution < 1.29 is 19.2 Å². The number of imide groups is 2. The first-order valence-corrected chi connectivity index (χ1v) is 13.9. The number of hydrogen-bond donors (Lipinski definition) is 0. The summed E-state index contributed by atoms with van der Waals surface area (Å²) < 4.78 is 1.66. The van der Waals surface area contributed by atoms with Gasteiger partial charge in [-0.15, -0.1) is 0 Å². The van der Waals surface area contributed by atoms with Crippen molar-refractivity contribution in [2.75, 3.05) is 9.80 Å². The molecule has 2 unspecified atom stereocenters. The van der Waals surface area contributed by atoms with Crippen molar-refractivity contribution in [1.82, 2.24) is 0 Å². The fourth-order valence-corrected chi connectivity index (χ4v) is 7.70. The van der Waals surface area contributed by atoms with Gasteiger partial charge in [-0.2, -0.15) is 0 Å². The van der Waals surface area contributed by atoms with Crippen LogP contribution >= 0.6 is 31.9 Å². The molecule has 3 aromatic carbocycles. The molecule has 6 atom stereocenters. The van der Waals surface area contributed by atoms with Gasteiger partial charge < -0.3 is 0 Å². The Morgan fingerprint density at radius 3 is 1.47 bits per heavy atom. The monoisotopic (exact) mass is 630 g/mol. The van der Waals surface area contributed by atoms with Crippen molar-refractivity contribution in [2.24, 2.45) is 29.6 Å². The minimum absolute atomic E-state index is 0.322. The van der Waals surface area contributed by atoms with Gasteiger partial charge in [0.2, 0.25) is 23.6 Å². The molecule has 38 heavy (non-hydrogen) atoms. The molecule has 0 radical (unpaired) electrons. The van der Waals surface area contributed by atoms with E-state index in [4.69, 9.17) is 0 Å². The Labute approximate surface area is 235 Å². The molecule has 0 spiro atoms. The van der Waals surface area contributed by atoms with Gasteiger partial charge in [-0.3, -0.25) is 19.2 Å². The molecule has 0 N–H and O–H groups in total. The second kappa shape index (κ2) is 8.32. The van der Waals surface area contributed by atoms with Crippen LogP contribution in [-0.4, -0.2) is 23.6 Å². The van der Waals surface area contributed by atoms with Crippen molar-refractivity contribution >= 4 is 66.9 Å². The molecular formula is C30H20Br2N2O4. The van der Waals surface area contributed by atoms with Crippen LogP contribution in [0.25, 0.3) is 0 Å². The number of amides is 4. The topological polar surface area (TPSA) is 74.8 Å². The third-order valence-electron chi connectivity index (χ3n) is 8.60. The summed E-state index contributed by atoms with van der Waals surface area (Å²) in [5.41, 5.74) is 0.607. The molecule has 0 aromatic heterocycles. The van der Waals surface area contributed by atoms with Crippen molar-refractivity contribution in [3.8, 4) is 0 Å². The normalized spacial score (nSPS) is 31.3. The van der Waals surface area contributed by atoms with Crippen molar-refractivity contribution in [3.05, 3.63) is 106 Å². The van der Waals surface area contributed by atoms with Gasteiger partial charge in [0.15, 0.2) is 0 Å². The summed E-state index contributed by atoms with van der Waals surface area (Å²) in [5.74, 6) is -4.92. The van der Waals surface area contributed by atoms with Crippen LogP contribution in [0, 0.1) is 29.6 Å². The third-order valence-corrected chi connectivity index (χ3v) is 9.66. The largest absolute Gasteiger partial charge is 0.274 e. The van der Waals surface area contributed by atoms with Gasteiger partial charge in [-0.25, -0.2) is 9.80 Å². The smallest absolute Gasteiger partial charge is 0.238 e. The number of carbonyl (C=O) groups is 4. The zero-order valence-electron chi connectivity index (χ0n) is 19.8. The molecule has 3 fully saturated rings. The van der Waals surface area contributed by atoms with Crippen LogP contribution in [0.4, 0.5) is 11.4 Å². The highest BCUT2D eigenvalue weighted by Gasteiger charge is 2.75. The van der Waals surface area contributed by atoms with Gasteiger partial charge in [0, 0.05) is 20.3 Å². The van der Waals surface area contributed by atoms with E-state index in [9.17, 15) is 19.2 Å². The number of allylic oxidation sites excluding steroid dienone is 2. The summed E-state index contributed by atoms with van der Waals surface area (Å²) in [6, 6.07) is 23.5. The molecule has 2 heterocycles. The Hall–Kier alpha value is -3.36. The molecule has 3 aliphatic carbocycles. The summed E-state index contributed by atoms with van der Waals surface area (Å²) in [6.45, 7) is 0. The van der Waals surface area contributed by atoms with Crippen LogP contribution in [0.2, 0.25) is 0 Å². The van der Waals surface area contributed by atoms with E-state index in [1.807, 2.05) is 42.5 Å². The summed E-state index contributed by atoms with van der Waals surface area (Å²) in [5, 5.41) is 0. The fourth-order valence-electron chi connectivity index (χ4n) is 7.17. The number of nitrogens with zero attached hydrogens (tertiary/aromatic N) is 2. The lowest BCUT2D eigenvalue weighted by atomic mass is 9.45. The van der Waals surface area contributed by atoms with Crippen LogP contribution in [0.1, 0.15) is 5.56 Å². The number of rotatable bonds is 3. The van der Waals surface area contributed by atoms with Crippen LogP contribution in [-0.2, 0) is 24.6 Å². The third kappa shape index (κ3) is 2.98. The number of benzene rings is 3. The highest BCUT2D eigenvalue weighted by Crippen LogP contribution is 2.65. The predicted molar refractivity (Wildman–Crippen MR) is 148 cm³/mol. The number of carbonyl (C=O) groups excluding carboxylic acids is 4. The van der Waals surface area contributed by atoms with E-state index in [0.29, 0.717) is 11.4 Å². The van der Waals surface area contributed by atoms with Crippen LogP contribution < -0.4 is 9.80 Å². The molecule has 2 aliphatic heterocycles. The molecule has 2 bridgehead atoms. The number of anilines is 2. The highest BCUT2D eigenvalue weighted by molar-refractivity contribution is 9.10. The minimum Gasteiger partial charge on any atom is -0.274 e. The van der Waals surface area contributed by atoms with Gasteiger partial charge in [0.1, 0.15) is 0 Å². The Morgan fingerprint density at radius 1 is 0.579 bits per heavy atom. The van der Waals surface area contributed by atoms with E-state index < -0.39 is 35.0 Å². The Kier molecular flexibility index (Phi) is 5.20. The van der Waals surface area contributed by atoms with E-state index in [0.717, 1.165) is 14.5 Å². The van der Waals surface area contributed by atoms with E-state index in [1.54, 1.807) is 48.5 Å². The Balaban J connectivity index is 1.42. The molecule has 2 saturated heterocycles. The van der Waals surface area contributed by atoms with E-state index >= 15 is 0 Å². The van der Waals surface area contributed by atoms with Gasteiger partial charge >= 0.3 is 0 Å². The molecular weight excluding hydrogens is 612 g/mol. The highest BCUT2D eigenvalue weighted by atomic mass is 79.9. The maximum absolute atomic E-state index is 14.2. The van der Waals surface area contributed by atoms with Crippen LogP contribution in [0.5, 0.6) is 0 Å². The molecule has 8 heteroatoms. The second-order valence-corrected chi connectivity index (χ2v) is 12.1. The van der Waals surface area contributed by atoms with Crippen molar-refractivity contribution in [2.45, 2.75) is 5.41 Å². The zero-order chi connectivity index (χ0) is 26.3. The maximum Gasteiger partial charge on any atom is 0.238 e. The Bertz CT molecular complexity index is 1460. The number of hydrogen-bond acceptors (Lipinski definition) is 4. The average Bonchev–Trinajstić information content (AvgIpc) is 3.37. The molecule has 8 rings (SSSR count). The van der Waals surface area contributed by atoms with Crippen LogP contribution in [0.15, 0.2) is 100.0 Å². The summed E-state index contributed by atoms with van der Waals surface area (Å²) >= 11 is 6.82. The lowest BCUT2D eigenvalue weighted by Gasteiger charge is -2.53. The molecule has 1 saturated carbocycles. The Morgan fingerprint density at radius 2 is 1.03 bits per heavy atom. The molecule has 6 nitrogen and oxygen atoms in total. The summed E-state index contributed by atoms with van der Waals surface area (Å²) in [4.78, 5) is 59.0. The minimum atomic E-state index is -1.13. The van der Waals surface area contributed by atoms with Gasteiger partial charge in [0.05, 0.1) is 35.0 Å². The fraction of sp³-hybridized carbons (Fsp3) is 0.200. The maximum atomic E-state index is 14.2. The van der Waals surface area contributed by atoms with E-state index in [1.165, 1.54) is 9.80 Å². The predicted octanol–water partition coefficient (Wildman–Crippen LogP) is 5.26. The molecule has 4 amide bonds. The summed E-state index contributed by atoms with van der Waals surface area (Å²) in [6.07, 6.45) is 3.84. The number of halogens is 2. The quantitative estimate of drug-likeness (QED) is 0.292. The van der Waals surface area contributed by atoms with Gasteiger partial charge in [-0.05, 0) is 54.1 Å². The zero-order valence-corrected chi connectivity index (χ0v) is 23.0. The lowest BCUT2D eigenvalue weighted by molar-refractivity contribution is -0.140. The first kappa shape index (κ1) is 23.7. The van der Waals surface area contributed by atoms with Gasteiger partial charge in [-0.1, -0.05) is 74.3 Å². The van der Waals surface area contributed by atoms with E-state index in [2.05, 4.69) is 31.9 Å². The molecule has 5 aliphatic rings. The summed E-state index contributed by atoms with van der Waals surface area (Å²) in [7, 11) is 0. The molecule has 3 aromatic rings. The van der Waals surface area contributed by atoms with Crippen LogP contribution in [0.3, 0.4) is 0 Å². The first-order valence-electron chi connectivity index (χ1n) is 12.4. The average molecular weight is 632 g/mol. The van der Waals surface area contributed by atoms with E-state index in [-0.39, 0.29) is 23.6 Å². The first-order chi connectivity index (χ1) is 18.3. The molecule has 188 valence electrons. The second-order valence-electron chi connectivity index (χ2n) is 10.2. The van der Waals surface area contributed by atoms with Crippen molar-refractivity contribution in [1.29, 1.82) is 0 Å².